The van der Waals surface area contributed by atoms with Crippen molar-refractivity contribution in [3.63, 3.8) is 0 Å². The van der Waals surface area contributed by atoms with Gasteiger partial charge in [-0.2, -0.15) is 0 Å². The van der Waals surface area contributed by atoms with E-state index in [0.717, 1.165) is 0 Å². The van der Waals surface area contributed by atoms with E-state index in [0.29, 0.717) is 22.8 Å². The molecule has 0 radical (unpaired) electrons. The quantitative estimate of drug-likeness (QED) is 0.463. The lowest BCUT2D eigenvalue weighted by atomic mass is 10.1. The summed E-state index contributed by atoms with van der Waals surface area (Å²) in [7, 11) is 4.37. The number of para-hydroxylation sites is 1. The minimum Gasteiger partial charge on any atom is -0.503 e. The third kappa shape index (κ3) is 4.03. The summed E-state index contributed by atoms with van der Waals surface area (Å²) in [5, 5.41) is 0. The van der Waals surface area contributed by atoms with Crippen molar-refractivity contribution in [3.05, 3.63) is 60.4 Å². The molecule has 2 aromatic rings. The molecule has 0 atom stereocenters. The first-order valence-electron chi connectivity index (χ1n) is 6.92. The second-order valence-electron chi connectivity index (χ2n) is 4.54. The Kier molecular flexibility index (Phi) is 5.63. The predicted octanol–water partition coefficient (Wildman–Crippen LogP) is 3.65. The van der Waals surface area contributed by atoms with Crippen molar-refractivity contribution >= 4 is 11.5 Å². The molecule has 0 aliphatic carbocycles. The average molecular weight is 314 g/mol. The van der Waals surface area contributed by atoms with Crippen LogP contribution >= 0.6 is 0 Å². The molecule has 0 aromatic heterocycles. The summed E-state index contributed by atoms with van der Waals surface area (Å²) in [5.41, 5.74) is 0.845. The van der Waals surface area contributed by atoms with Crippen molar-refractivity contribution in [3.8, 4) is 17.2 Å². The van der Waals surface area contributed by atoms with Gasteiger partial charge < -0.3 is 18.9 Å². The van der Waals surface area contributed by atoms with Gasteiger partial charge in [-0.25, -0.2) is 4.79 Å². The van der Waals surface area contributed by atoms with E-state index in [2.05, 4.69) is 0 Å². The molecule has 23 heavy (non-hydrogen) atoms. The van der Waals surface area contributed by atoms with Gasteiger partial charge in [0, 0.05) is 11.6 Å². The van der Waals surface area contributed by atoms with Crippen molar-refractivity contribution in [1.82, 2.24) is 0 Å². The standard InChI is InChI=1S/C18H18O5/c1-20-12-16(18(19)22-3)15-9-4-5-10-17(15)23-14-8-6-7-13(11-14)21-2/h4-12H,1-3H3. The van der Waals surface area contributed by atoms with Crippen LogP contribution in [0.4, 0.5) is 0 Å². The SMILES string of the molecule is COC=C(C(=O)OC)c1ccccc1Oc1cccc(OC)c1. The number of ether oxygens (including phenoxy) is 4. The van der Waals surface area contributed by atoms with Crippen LogP contribution < -0.4 is 9.47 Å². The zero-order valence-electron chi connectivity index (χ0n) is 13.2. The first kappa shape index (κ1) is 16.4. The molecule has 0 saturated carbocycles. The van der Waals surface area contributed by atoms with Crippen molar-refractivity contribution in [2.24, 2.45) is 0 Å². The minimum absolute atomic E-state index is 0.272. The number of hydrogen-bond donors (Lipinski definition) is 0. The molecular weight excluding hydrogens is 296 g/mol. The number of carbonyl (C=O) groups is 1. The lowest BCUT2D eigenvalue weighted by Gasteiger charge is -2.13. The first-order valence-corrected chi connectivity index (χ1v) is 6.92. The van der Waals surface area contributed by atoms with Gasteiger partial charge in [0.15, 0.2) is 0 Å². The Morgan fingerprint density at radius 2 is 1.70 bits per heavy atom. The average Bonchev–Trinajstić information content (AvgIpc) is 2.60. The lowest BCUT2D eigenvalue weighted by Crippen LogP contribution is -2.05. The highest BCUT2D eigenvalue weighted by Gasteiger charge is 2.18. The van der Waals surface area contributed by atoms with Crippen LogP contribution in [0.5, 0.6) is 17.2 Å². The van der Waals surface area contributed by atoms with Crippen LogP contribution in [0.15, 0.2) is 54.8 Å². The summed E-state index contributed by atoms with van der Waals surface area (Å²) in [6.45, 7) is 0. The van der Waals surface area contributed by atoms with Crippen LogP contribution in [0.1, 0.15) is 5.56 Å². The second-order valence-corrected chi connectivity index (χ2v) is 4.54. The third-order valence-electron chi connectivity index (χ3n) is 3.09. The summed E-state index contributed by atoms with van der Waals surface area (Å²) >= 11 is 0. The van der Waals surface area contributed by atoms with Crippen molar-refractivity contribution in [2.45, 2.75) is 0 Å². The molecule has 0 spiro atoms. The molecule has 5 nitrogen and oxygen atoms in total. The Hall–Kier alpha value is -2.95. The Balaban J connectivity index is 2.40. The second kappa shape index (κ2) is 7.89. The number of rotatable bonds is 6. The molecule has 0 saturated heterocycles. The van der Waals surface area contributed by atoms with Gasteiger partial charge >= 0.3 is 5.97 Å². The van der Waals surface area contributed by atoms with E-state index in [1.165, 1.54) is 20.5 Å². The van der Waals surface area contributed by atoms with Crippen LogP contribution in [0, 0.1) is 0 Å². The van der Waals surface area contributed by atoms with Crippen LogP contribution in [0.25, 0.3) is 5.57 Å². The Labute approximate surface area is 135 Å². The molecule has 0 aliphatic rings. The van der Waals surface area contributed by atoms with Gasteiger partial charge in [-0.05, 0) is 18.2 Å². The predicted molar refractivity (Wildman–Crippen MR) is 86.5 cm³/mol. The maximum Gasteiger partial charge on any atom is 0.341 e. The van der Waals surface area contributed by atoms with Crippen LogP contribution in [-0.2, 0) is 14.3 Å². The van der Waals surface area contributed by atoms with Crippen molar-refractivity contribution in [1.29, 1.82) is 0 Å². The van der Waals surface area contributed by atoms with E-state index < -0.39 is 5.97 Å². The molecule has 0 heterocycles. The lowest BCUT2D eigenvalue weighted by molar-refractivity contribution is -0.133. The van der Waals surface area contributed by atoms with Crippen molar-refractivity contribution < 1.29 is 23.7 Å². The van der Waals surface area contributed by atoms with Gasteiger partial charge in [0.05, 0.1) is 27.6 Å². The summed E-state index contributed by atoms with van der Waals surface area (Å²) in [5.74, 6) is 1.28. The highest BCUT2D eigenvalue weighted by atomic mass is 16.5. The smallest absolute Gasteiger partial charge is 0.341 e. The Morgan fingerprint density at radius 3 is 2.39 bits per heavy atom. The van der Waals surface area contributed by atoms with Gasteiger partial charge in [0.25, 0.3) is 0 Å². The molecule has 0 N–H and O–H groups in total. The highest BCUT2D eigenvalue weighted by Crippen LogP contribution is 2.32. The van der Waals surface area contributed by atoms with E-state index in [4.69, 9.17) is 18.9 Å². The number of methoxy groups -OCH3 is 3. The molecule has 0 fully saturated rings. The molecule has 0 amide bonds. The number of hydrogen-bond acceptors (Lipinski definition) is 5. The zero-order chi connectivity index (χ0) is 16.7. The third-order valence-corrected chi connectivity index (χ3v) is 3.09. The fourth-order valence-electron chi connectivity index (χ4n) is 2.02. The molecule has 120 valence electrons. The normalized spacial score (nSPS) is 10.8. The summed E-state index contributed by atoms with van der Waals surface area (Å²) in [6, 6.07) is 14.4. The summed E-state index contributed by atoms with van der Waals surface area (Å²) < 4.78 is 20.9. The van der Waals surface area contributed by atoms with E-state index in [1.807, 2.05) is 18.2 Å². The topological polar surface area (TPSA) is 54.0 Å². The van der Waals surface area contributed by atoms with E-state index >= 15 is 0 Å². The van der Waals surface area contributed by atoms with Gasteiger partial charge in [-0.1, -0.05) is 24.3 Å². The largest absolute Gasteiger partial charge is 0.503 e. The van der Waals surface area contributed by atoms with Crippen molar-refractivity contribution in [2.75, 3.05) is 21.3 Å². The molecule has 0 unspecified atom stereocenters. The monoisotopic (exact) mass is 314 g/mol. The number of esters is 1. The molecular formula is C18H18O5. The van der Waals surface area contributed by atoms with E-state index in [9.17, 15) is 4.79 Å². The summed E-state index contributed by atoms with van der Waals surface area (Å²) in [6.07, 6.45) is 1.33. The Bertz CT molecular complexity index is 706. The summed E-state index contributed by atoms with van der Waals surface area (Å²) in [4.78, 5) is 12.0. The van der Waals surface area contributed by atoms with Gasteiger partial charge in [0.2, 0.25) is 0 Å². The maximum absolute atomic E-state index is 12.0. The van der Waals surface area contributed by atoms with Crippen LogP contribution in [0.2, 0.25) is 0 Å². The minimum atomic E-state index is -0.506. The van der Waals surface area contributed by atoms with E-state index in [-0.39, 0.29) is 5.57 Å². The zero-order valence-corrected chi connectivity index (χ0v) is 13.2. The molecule has 0 bridgehead atoms. The van der Waals surface area contributed by atoms with Crippen LogP contribution in [0.3, 0.4) is 0 Å². The number of carbonyl (C=O) groups excluding carboxylic acids is 1. The van der Waals surface area contributed by atoms with Gasteiger partial charge in [-0.15, -0.1) is 0 Å². The molecule has 2 aromatic carbocycles. The maximum atomic E-state index is 12.0. The van der Waals surface area contributed by atoms with Gasteiger partial charge in [0.1, 0.15) is 22.8 Å². The highest BCUT2D eigenvalue weighted by molar-refractivity contribution is 6.17. The Morgan fingerprint density at radius 1 is 0.957 bits per heavy atom. The van der Waals surface area contributed by atoms with Crippen LogP contribution in [-0.4, -0.2) is 27.3 Å². The van der Waals surface area contributed by atoms with Gasteiger partial charge in [-0.3, -0.25) is 0 Å². The number of benzene rings is 2. The first-order chi connectivity index (χ1) is 11.2. The van der Waals surface area contributed by atoms with E-state index in [1.54, 1.807) is 37.4 Å². The fraction of sp³-hybridized carbons (Fsp3) is 0.167. The molecule has 2 rings (SSSR count). The fourth-order valence-corrected chi connectivity index (χ4v) is 2.02. The molecule has 0 aliphatic heterocycles. The molecule has 5 heteroatoms.